The molecule has 0 spiro atoms. The minimum Gasteiger partial charge on any atom is -0.480 e. The van der Waals surface area contributed by atoms with E-state index in [-0.39, 0.29) is 0 Å². The number of nitrogens with two attached hydrogens (primary N) is 1. The molecule has 0 radical (unpaired) electrons. The minimum atomic E-state index is -1.05. The predicted molar refractivity (Wildman–Crippen MR) is 92.2 cm³/mol. The molecule has 2 aliphatic rings. The van der Waals surface area contributed by atoms with Crippen LogP contribution in [-0.4, -0.2) is 23.7 Å². The van der Waals surface area contributed by atoms with Crippen LogP contribution in [0.15, 0.2) is 18.2 Å². The zero-order valence-corrected chi connectivity index (χ0v) is 14.7. The van der Waals surface area contributed by atoms with Gasteiger partial charge in [-0.25, -0.2) is 4.79 Å². The van der Waals surface area contributed by atoms with Gasteiger partial charge in [-0.3, -0.25) is 0 Å². The first-order chi connectivity index (χ1) is 10.9. The maximum atomic E-state index is 10.2. The zero-order chi connectivity index (χ0) is 17.0. The van der Waals surface area contributed by atoms with E-state index in [0.29, 0.717) is 21.8 Å². The summed E-state index contributed by atoms with van der Waals surface area (Å²) in [6.45, 7) is 1.76. The third kappa shape index (κ3) is 5.27. The Balaban J connectivity index is 0.000000172. The van der Waals surface area contributed by atoms with E-state index in [1.165, 1.54) is 37.8 Å². The van der Waals surface area contributed by atoms with Gasteiger partial charge in [-0.1, -0.05) is 29.6 Å². The minimum absolute atomic E-state index is 0.300. The number of carbonyl (C=O) groups is 1. The van der Waals surface area contributed by atoms with Crippen LogP contribution in [0.5, 0.6) is 5.75 Å². The number of fused-ring (bicyclic) bond motifs is 2. The van der Waals surface area contributed by atoms with E-state index in [2.05, 4.69) is 6.92 Å². The molecule has 3 N–H and O–H groups in total. The number of hydrogen-bond donors (Lipinski definition) is 2. The lowest BCUT2D eigenvalue weighted by atomic mass is 9.84. The highest BCUT2D eigenvalue weighted by atomic mass is 35.5. The van der Waals surface area contributed by atoms with Crippen LogP contribution in [0.1, 0.15) is 32.6 Å². The van der Waals surface area contributed by atoms with Crippen LogP contribution in [0, 0.1) is 17.8 Å². The Bertz CT molecular complexity index is 551. The first kappa shape index (κ1) is 18.4. The van der Waals surface area contributed by atoms with Crippen molar-refractivity contribution >= 4 is 29.2 Å². The van der Waals surface area contributed by atoms with Gasteiger partial charge >= 0.3 is 5.97 Å². The Morgan fingerprint density at radius 2 is 2.13 bits per heavy atom. The Labute approximate surface area is 146 Å². The summed E-state index contributed by atoms with van der Waals surface area (Å²) in [5.41, 5.74) is 5.88. The maximum absolute atomic E-state index is 10.2. The Morgan fingerprint density at radius 1 is 1.39 bits per heavy atom. The van der Waals surface area contributed by atoms with Crippen LogP contribution < -0.4 is 10.5 Å². The molecule has 1 aromatic carbocycles. The summed E-state index contributed by atoms with van der Waals surface area (Å²) in [5, 5.41) is 9.11. The van der Waals surface area contributed by atoms with E-state index in [9.17, 15) is 4.79 Å². The number of ether oxygens (including phenoxy) is 1. The van der Waals surface area contributed by atoms with E-state index >= 15 is 0 Å². The molecule has 4 atom stereocenters. The number of hydrogen-bond acceptors (Lipinski definition) is 3. The fourth-order valence-electron chi connectivity index (χ4n) is 3.67. The third-order valence-electron chi connectivity index (χ3n) is 4.71. The van der Waals surface area contributed by atoms with Gasteiger partial charge in [-0.05, 0) is 62.1 Å². The number of halogens is 2. The first-order valence-corrected chi connectivity index (χ1v) is 8.67. The molecule has 0 amide bonds. The molecule has 23 heavy (non-hydrogen) atoms. The molecule has 4 nitrogen and oxygen atoms in total. The lowest BCUT2D eigenvalue weighted by Crippen LogP contribution is -2.30. The fraction of sp³-hybridized carbons (Fsp3) is 0.588. The molecular formula is C17H23Cl2NO3. The number of carboxylic acids is 1. The van der Waals surface area contributed by atoms with Gasteiger partial charge in [0.2, 0.25) is 0 Å². The van der Waals surface area contributed by atoms with Gasteiger partial charge in [0.1, 0.15) is 5.75 Å². The number of rotatable bonds is 4. The van der Waals surface area contributed by atoms with E-state index in [1.807, 2.05) is 0 Å². The quantitative estimate of drug-likeness (QED) is 0.843. The average molecular weight is 360 g/mol. The highest BCUT2D eigenvalue weighted by Crippen LogP contribution is 2.49. The predicted octanol–water partition coefficient (Wildman–Crippen LogP) is 4.23. The largest absolute Gasteiger partial charge is 0.480 e. The molecule has 0 heterocycles. The van der Waals surface area contributed by atoms with E-state index in [0.717, 1.165) is 17.8 Å². The lowest BCUT2D eigenvalue weighted by molar-refractivity contribution is -0.139. The van der Waals surface area contributed by atoms with Crippen molar-refractivity contribution in [1.82, 2.24) is 0 Å². The van der Waals surface area contributed by atoms with Crippen LogP contribution in [0.25, 0.3) is 0 Å². The molecule has 3 rings (SSSR count). The van der Waals surface area contributed by atoms with Gasteiger partial charge < -0.3 is 15.6 Å². The van der Waals surface area contributed by atoms with Crippen LogP contribution in [0.3, 0.4) is 0 Å². The smallest absolute Gasteiger partial charge is 0.341 e. The molecule has 1 aromatic rings. The second-order valence-electron chi connectivity index (χ2n) is 6.45. The van der Waals surface area contributed by atoms with Crippen LogP contribution in [0.2, 0.25) is 10.0 Å². The van der Waals surface area contributed by atoms with Crippen molar-refractivity contribution in [1.29, 1.82) is 0 Å². The normalized spacial score (nSPS) is 26.3. The summed E-state index contributed by atoms with van der Waals surface area (Å²) in [5.74, 6) is 2.20. The molecule has 4 unspecified atom stereocenters. The van der Waals surface area contributed by atoms with Crippen molar-refractivity contribution in [3.8, 4) is 5.75 Å². The van der Waals surface area contributed by atoms with Gasteiger partial charge in [-0.15, -0.1) is 0 Å². The van der Waals surface area contributed by atoms with Crippen molar-refractivity contribution in [2.24, 2.45) is 23.5 Å². The van der Waals surface area contributed by atoms with Crippen molar-refractivity contribution in [2.75, 3.05) is 6.61 Å². The lowest BCUT2D eigenvalue weighted by Gasteiger charge is -2.24. The summed E-state index contributed by atoms with van der Waals surface area (Å²) < 4.78 is 4.86. The van der Waals surface area contributed by atoms with E-state index in [1.54, 1.807) is 6.07 Å². The van der Waals surface area contributed by atoms with Crippen molar-refractivity contribution in [3.05, 3.63) is 28.2 Å². The van der Waals surface area contributed by atoms with Crippen molar-refractivity contribution in [3.63, 3.8) is 0 Å². The van der Waals surface area contributed by atoms with Crippen LogP contribution in [0.4, 0.5) is 0 Å². The van der Waals surface area contributed by atoms with E-state index in [4.69, 9.17) is 38.8 Å². The summed E-state index contributed by atoms with van der Waals surface area (Å²) in [6, 6.07) is 5.04. The standard InChI is InChI=1S/C9H17N.C8H6Cl2O3/c1-6(10)9-5-7-2-3-8(9)4-7;9-5-1-2-7(6(10)3-5)13-4-8(11)12/h6-9H,2-5,10H2,1H3;1-3H,4H2,(H,11,12). The van der Waals surface area contributed by atoms with Crippen molar-refractivity contribution < 1.29 is 14.6 Å². The summed E-state index contributed by atoms with van der Waals surface area (Å²) in [4.78, 5) is 10.2. The molecule has 2 aliphatic carbocycles. The molecule has 2 bridgehead atoms. The van der Waals surface area contributed by atoms with Gasteiger partial charge in [0.05, 0.1) is 5.02 Å². The van der Waals surface area contributed by atoms with Gasteiger partial charge in [-0.2, -0.15) is 0 Å². The van der Waals surface area contributed by atoms with Crippen LogP contribution in [-0.2, 0) is 4.79 Å². The summed E-state index contributed by atoms with van der Waals surface area (Å²) in [7, 11) is 0. The molecule has 0 aliphatic heterocycles. The second kappa shape index (κ2) is 8.22. The summed E-state index contributed by atoms with van der Waals surface area (Å²) >= 11 is 11.3. The monoisotopic (exact) mass is 359 g/mol. The average Bonchev–Trinajstić information content (AvgIpc) is 3.09. The molecule has 0 aromatic heterocycles. The first-order valence-electron chi connectivity index (χ1n) is 7.92. The van der Waals surface area contributed by atoms with Gasteiger partial charge in [0.25, 0.3) is 0 Å². The molecule has 0 saturated heterocycles. The van der Waals surface area contributed by atoms with Crippen LogP contribution >= 0.6 is 23.2 Å². The Morgan fingerprint density at radius 3 is 2.57 bits per heavy atom. The SMILES string of the molecule is CC(N)C1CC2CCC1C2.O=C(O)COc1ccc(Cl)cc1Cl. The van der Waals surface area contributed by atoms with Crippen molar-refractivity contribution in [2.45, 2.75) is 38.6 Å². The number of aliphatic carboxylic acids is 1. The third-order valence-corrected chi connectivity index (χ3v) is 5.24. The van der Waals surface area contributed by atoms with Gasteiger partial charge in [0, 0.05) is 11.1 Å². The zero-order valence-electron chi connectivity index (χ0n) is 13.2. The maximum Gasteiger partial charge on any atom is 0.341 e. The topological polar surface area (TPSA) is 72.6 Å². The molecule has 128 valence electrons. The van der Waals surface area contributed by atoms with E-state index < -0.39 is 12.6 Å². The number of benzene rings is 1. The Kier molecular flexibility index (Phi) is 6.57. The second-order valence-corrected chi connectivity index (χ2v) is 7.30. The Hall–Kier alpha value is -0.970. The summed E-state index contributed by atoms with van der Waals surface area (Å²) in [6.07, 6.45) is 5.89. The molecule has 6 heteroatoms. The molecule has 2 fully saturated rings. The molecule has 2 saturated carbocycles. The number of carboxylic acid groups (broad SMARTS) is 1. The highest BCUT2D eigenvalue weighted by molar-refractivity contribution is 6.35. The van der Waals surface area contributed by atoms with Gasteiger partial charge in [0.15, 0.2) is 6.61 Å². The molecular weight excluding hydrogens is 337 g/mol. The fourth-order valence-corrected chi connectivity index (χ4v) is 4.13. The highest BCUT2D eigenvalue weighted by Gasteiger charge is 2.40.